The molecule has 6 heteroatoms. The zero-order valence-corrected chi connectivity index (χ0v) is 8.51. The van der Waals surface area contributed by atoms with Crippen molar-refractivity contribution in [1.82, 2.24) is 0 Å². The lowest BCUT2D eigenvalue weighted by molar-refractivity contribution is -0.0954. The molecule has 0 radical (unpaired) electrons. The van der Waals surface area contributed by atoms with Crippen LogP contribution in [0.3, 0.4) is 0 Å². The molecular formula is C8H7ClF3NS. The van der Waals surface area contributed by atoms with Crippen molar-refractivity contribution in [3.8, 4) is 0 Å². The Balaban J connectivity index is 2.36. The summed E-state index contributed by atoms with van der Waals surface area (Å²) in [6.45, 7) is -0.0969. The summed E-state index contributed by atoms with van der Waals surface area (Å²) in [4.78, 5) is 0.167. The zero-order chi connectivity index (χ0) is 10.5. The van der Waals surface area contributed by atoms with Crippen LogP contribution in [0.4, 0.5) is 13.2 Å². The van der Waals surface area contributed by atoms with Crippen molar-refractivity contribution in [2.75, 3.05) is 6.54 Å². The molecule has 0 bridgehead atoms. The SMILES string of the molecule is NCC1=C(C(F)(F)F)C2C=C2C(Cl)S1. The second kappa shape index (κ2) is 3.18. The summed E-state index contributed by atoms with van der Waals surface area (Å²) in [7, 11) is 0. The topological polar surface area (TPSA) is 26.0 Å². The Kier molecular flexibility index (Phi) is 2.36. The molecule has 1 nitrogen and oxygen atoms in total. The van der Waals surface area contributed by atoms with Gasteiger partial charge < -0.3 is 5.73 Å². The molecule has 0 aromatic heterocycles. The third kappa shape index (κ3) is 1.57. The van der Waals surface area contributed by atoms with E-state index in [0.29, 0.717) is 5.57 Å². The highest BCUT2D eigenvalue weighted by atomic mass is 35.5. The minimum absolute atomic E-state index is 0.0969. The van der Waals surface area contributed by atoms with Crippen LogP contribution < -0.4 is 5.73 Å². The third-order valence-electron chi connectivity index (χ3n) is 2.22. The number of nitrogens with two attached hydrogens (primary N) is 1. The van der Waals surface area contributed by atoms with Gasteiger partial charge in [-0.05, 0) is 5.57 Å². The molecule has 0 saturated heterocycles. The molecule has 2 atom stereocenters. The maximum absolute atomic E-state index is 12.6. The van der Waals surface area contributed by atoms with Crippen molar-refractivity contribution < 1.29 is 13.2 Å². The Morgan fingerprint density at radius 2 is 2.14 bits per heavy atom. The average Bonchev–Trinajstić information content (AvgIpc) is 2.80. The molecule has 0 amide bonds. The number of fused-ring (bicyclic) bond motifs is 1. The van der Waals surface area contributed by atoms with Crippen molar-refractivity contribution in [2.24, 2.45) is 11.7 Å². The Hall–Kier alpha value is -0.130. The van der Waals surface area contributed by atoms with E-state index < -0.39 is 17.7 Å². The molecule has 0 fully saturated rings. The van der Waals surface area contributed by atoms with Gasteiger partial charge in [0.05, 0.1) is 5.57 Å². The smallest absolute Gasteiger partial charge is 0.326 e. The fourth-order valence-electron chi connectivity index (χ4n) is 1.53. The normalized spacial score (nSPS) is 31.4. The Morgan fingerprint density at radius 1 is 1.50 bits per heavy atom. The highest BCUT2D eigenvalue weighted by Crippen LogP contribution is 2.56. The molecular weight excluding hydrogens is 235 g/mol. The number of halogens is 4. The Labute approximate surface area is 88.2 Å². The van der Waals surface area contributed by atoms with E-state index in [-0.39, 0.29) is 16.2 Å². The van der Waals surface area contributed by atoms with E-state index in [2.05, 4.69) is 0 Å². The van der Waals surface area contributed by atoms with Gasteiger partial charge in [0.25, 0.3) is 0 Å². The molecule has 2 rings (SSSR count). The second-order valence-corrected chi connectivity index (χ2v) is 5.01. The maximum Gasteiger partial charge on any atom is 0.414 e. The van der Waals surface area contributed by atoms with E-state index in [1.807, 2.05) is 0 Å². The molecule has 78 valence electrons. The van der Waals surface area contributed by atoms with Gasteiger partial charge in [0.2, 0.25) is 0 Å². The summed E-state index contributed by atoms with van der Waals surface area (Å²) in [5, 5.41) is 0. The number of hydrogen-bond acceptors (Lipinski definition) is 2. The van der Waals surface area contributed by atoms with E-state index in [4.69, 9.17) is 17.3 Å². The van der Waals surface area contributed by atoms with Gasteiger partial charge in [0, 0.05) is 17.4 Å². The van der Waals surface area contributed by atoms with Crippen LogP contribution in [0.5, 0.6) is 0 Å². The number of alkyl halides is 4. The first-order valence-corrected chi connectivity index (χ1v) is 5.29. The molecule has 2 aliphatic rings. The van der Waals surface area contributed by atoms with Crippen molar-refractivity contribution in [3.05, 3.63) is 22.1 Å². The highest BCUT2D eigenvalue weighted by molar-refractivity contribution is 8.05. The van der Waals surface area contributed by atoms with Gasteiger partial charge in [-0.25, -0.2) is 0 Å². The zero-order valence-electron chi connectivity index (χ0n) is 6.94. The predicted octanol–water partition coefficient (Wildman–Crippen LogP) is 2.63. The fraction of sp³-hybridized carbons (Fsp3) is 0.500. The summed E-state index contributed by atoms with van der Waals surface area (Å²) in [6, 6.07) is 0. The Morgan fingerprint density at radius 3 is 2.64 bits per heavy atom. The van der Waals surface area contributed by atoms with Gasteiger partial charge >= 0.3 is 6.18 Å². The van der Waals surface area contributed by atoms with Crippen LogP contribution in [0.25, 0.3) is 0 Å². The van der Waals surface area contributed by atoms with E-state index in [1.165, 1.54) is 0 Å². The van der Waals surface area contributed by atoms with Crippen LogP contribution in [0, 0.1) is 5.92 Å². The van der Waals surface area contributed by atoms with Crippen LogP contribution in [0.2, 0.25) is 0 Å². The van der Waals surface area contributed by atoms with E-state index in [9.17, 15) is 13.2 Å². The van der Waals surface area contributed by atoms with Gasteiger partial charge in [-0.15, -0.1) is 23.4 Å². The summed E-state index contributed by atoms with van der Waals surface area (Å²) in [6.07, 6.45) is -2.74. The minimum Gasteiger partial charge on any atom is -0.326 e. The third-order valence-corrected chi connectivity index (χ3v) is 3.89. The molecule has 2 unspecified atom stereocenters. The van der Waals surface area contributed by atoms with E-state index in [0.717, 1.165) is 11.8 Å². The summed E-state index contributed by atoms with van der Waals surface area (Å²) in [5.74, 6) is -0.600. The van der Waals surface area contributed by atoms with E-state index >= 15 is 0 Å². The van der Waals surface area contributed by atoms with Gasteiger partial charge in [0.1, 0.15) is 4.71 Å². The molecule has 1 heterocycles. The predicted molar refractivity (Wildman–Crippen MR) is 50.9 cm³/mol. The van der Waals surface area contributed by atoms with Crippen LogP contribution in [0.1, 0.15) is 0 Å². The Bertz CT molecular complexity index is 334. The summed E-state index contributed by atoms with van der Waals surface area (Å²) >= 11 is 6.84. The second-order valence-electron chi connectivity index (χ2n) is 3.12. The molecule has 14 heavy (non-hydrogen) atoms. The standard InChI is InChI=1S/C8H7ClF3NS/c9-7-4-1-3(4)6(8(10,11)12)5(2-13)14-7/h1,3,7H,2,13H2. The first-order chi connectivity index (χ1) is 6.45. The van der Waals surface area contributed by atoms with Gasteiger partial charge in [-0.2, -0.15) is 13.2 Å². The monoisotopic (exact) mass is 241 g/mol. The number of hydrogen-bond donors (Lipinski definition) is 1. The van der Waals surface area contributed by atoms with Gasteiger partial charge in [-0.1, -0.05) is 6.08 Å². The molecule has 0 aromatic rings. The van der Waals surface area contributed by atoms with Crippen LogP contribution >= 0.6 is 23.4 Å². The number of allylic oxidation sites excluding steroid dienone is 2. The first kappa shape index (κ1) is 10.4. The fourth-order valence-corrected chi connectivity index (χ4v) is 3.14. The van der Waals surface area contributed by atoms with Gasteiger partial charge in [0.15, 0.2) is 0 Å². The highest BCUT2D eigenvalue weighted by Gasteiger charge is 2.50. The molecule has 2 N–H and O–H groups in total. The van der Waals surface area contributed by atoms with Crippen molar-refractivity contribution in [1.29, 1.82) is 0 Å². The average molecular weight is 242 g/mol. The van der Waals surface area contributed by atoms with Crippen LogP contribution in [-0.2, 0) is 0 Å². The van der Waals surface area contributed by atoms with Crippen molar-refractivity contribution >= 4 is 23.4 Å². The number of thioether (sulfide) groups is 1. The van der Waals surface area contributed by atoms with Crippen molar-refractivity contribution in [3.63, 3.8) is 0 Å². The summed E-state index contributed by atoms with van der Waals surface area (Å²) < 4.78 is 37.4. The van der Waals surface area contributed by atoms with Crippen LogP contribution in [-0.4, -0.2) is 17.4 Å². The lowest BCUT2D eigenvalue weighted by atomic mass is 10.1. The van der Waals surface area contributed by atoms with E-state index in [1.54, 1.807) is 6.08 Å². The van der Waals surface area contributed by atoms with Crippen LogP contribution in [0.15, 0.2) is 22.1 Å². The molecule has 0 spiro atoms. The molecule has 0 saturated carbocycles. The molecule has 1 aliphatic carbocycles. The molecule has 0 aromatic carbocycles. The minimum atomic E-state index is -4.29. The number of rotatable bonds is 1. The van der Waals surface area contributed by atoms with Gasteiger partial charge in [-0.3, -0.25) is 0 Å². The summed E-state index contributed by atoms with van der Waals surface area (Å²) in [5.41, 5.74) is 5.42. The largest absolute Gasteiger partial charge is 0.414 e. The lowest BCUT2D eigenvalue weighted by Gasteiger charge is -2.23. The quantitative estimate of drug-likeness (QED) is 0.564. The van der Waals surface area contributed by atoms with Crippen molar-refractivity contribution in [2.45, 2.75) is 10.9 Å². The lowest BCUT2D eigenvalue weighted by Crippen LogP contribution is -2.23. The first-order valence-electron chi connectivity index (χ1n) is 3.97. The maximum atomic E-state index is 12.6. The molecule has 1 aliphatic heterocycles.